The predicted octanol–water partition coefficient (Wildman–Crippen LogP) is 3.15. The molecule has 0 bridgehead atoms. The normalized spacial score (nSPS) is 16.6. The lowest BCUT2D eigenvalue weighted by atomic mass is 9.82. The van der Waals surface area contributed by atoms with Crippen molar-refractivity contribution in [3.63, 3.8) is 0 Å². The molecule has 2 rings (SSSR count). The highest BCUT2D eigenvalue weighted by Gasteiger charge is 2.36. The molecule has 3 amide bonds. The molecule has 0 saturated heterocycles. The molecule has 12 heteroatoms. The van der Waals surface area contributed by atoms with Gasteiger partial charge in [0.1, 0.15) is 18.1 Å². The van der Waals surface area contributed by atoms with Crippen LogP contribution in [0.25, 0.3) is 0 Å². The maximum Gasteiger partial charge on any atom is 0.401 e. The maximum absolute atomic E-state index is 13.9. The minimum absolute atomic E-state index is 0.00964. The number of halogens is 3. The Morgan fingerprint density at radius 1 is 0.960 bits per heavy atom. The van der Waals surface area contributed by atoms with Crippen molar-refractivity contribution in [2.75, 3.05) is 33.7 Å². The van der Waals surface area contributed by atoms with Crippen molar-refractivity contribution in [3.8, 4) is 37.0 Å². The van der Waals surface area contributed by atoms with Gasteiger partial charge in [-0.05, 0) is 37.8 Å². The van der Waals surface area contributed by atoms with Gasteiger partial charge in [-0.3, -0.25) is 19.3 Å². The third kappa shape index (κ3) is 14.8. The number of aliphatic hydroxyl groups is 2. The quantitative estimate of drug-likeness (QED) is 0.165. The Morgan fingerprint density at radius 2 is 1.60 bits per heavy atom. The van der Waals surface area contributed by atoms with E-state index in [1.165, 1.54) is 19.0 Å². The molecule has 1 fully saturated rings. The monoisotopic (exact) mass is 700 g/mol. The molecule has 0 radical (unpaired) electrons. The van der Waals surface area contributed by atoms with Gasteiger partial charge in [0.05, 0.1) is 24.6 Å². The van der Waals surface area contributed by atoms with E-state index in [0.29, 0.717) is 6.42 Å². The van der Waals surface area contributed by atoms with Gasteiger partial charge >= 0.3 is 6.18 Å². The lowest BCUT2D eigenvalue weighted by Crippen LogP contribution is -2.57. The summed E-state index contributed by atoms with van der Waals surface area (Å²) in [5.74, 6) is 3.23. The molecule has 0 unspecified atom stereocenters. The first-order valence-corrected chi connectivity index (χ1v) is 17.0. The summed E-state index contributed by atoms with van der Waals surface area (Å²) in [6.45, 7) is -1.19. The second-order valence-corrected chi connectivity index (χ2v) is 13.2. The Bertz CT molecular complexity index is 1330. The zero-order valence-corrected chi connectivity index (χ0v) is 29.0. The lowest BCUT2D eigenvalue weighted by Gasteiger charge is -2.33. The number of nitrogens with zero attached hydrogens (tertiary/aromatic N) is 2. The Labute approximate surface area is 294 Å². The highest BCUT2D eigenvalue weighted by atomic mass is 19.4. The van der Waals surface area contributed by atoms with Crippen molar-refractivity contribution < 1.29 is 37.8 Å². The summed E-state index contributed by atoms with van der Waals surface area (Å²) in [6, 6.07) is 6.56. The zero-order valence-electron chi connectivity index (χ0n) is 29.0. The smallest absolute Gasteiger partial charge is 0.390 e. The summed E-state index contributed by atoms with van der Waals surface area (Å²) in [6.07, 6.45) is 15.2. The average molecular weight is 701 g/mol. The second kappa shape index (κ2) is 21.3. The van der Waals surface area contributed by atoms with Gasteiger partial charge in [0.25, 0.3) is 0 Å². The average Bonchev–Trinajstić information content (AvgIpc) is 3.08. The van der Waals surface area contributed by atoms with Gasteiger partial charge < -0.3 is 25.7 Å². The number of rotatable bonds is 19. The third-order valence-corrected chi connectivity index (χ3v) is 9.11. The van der Waals surface area contributed by atoms with E-state index in [1.807, 2.05) is 0 Å². The van der Waals surface area contributed by atoms with Crippen LogP contribution in [-0.4, -0.2) is 102 Å². The largest absolute Gasteiger partial charge is 0.401 e. The van der Waals surface area contributed by atoms with Crippen molar-refractivity contribution in [1.82, 2.24) is 20.4 Å². The number of carbonyl (C=O) groups is 3. The molecule has 0 heterocycles. The van der Waals surface area contributed by atoms with Gasteiger partial charge in [0.15, 0.2) is 0 Å². The fourth-order valence-electron chi connectivity index (χ4n) is 6.17. The Morgan fingerprint density at radius 3 is 2.18 bits per heavy atom. The maximum atomic E-state index is 13.9. The number of terminal acetylenes is 3. The Balaban J connectivity index is 2.30. The molecule has 1 aromatic rings. The van der Waals surface area contributed by atoms with Crippen molar-refractivity contribution in [2.45, 2.75) is 94.7 Å². The molecule has 274 valence electrons. The molecule has 5 atom stereocenters. The molecule has 1 saturated carbocycles. The van der Waals surface area contributed by atoms with Crippen molar-refractivity contribution in [2.24, 2.45) is 17.8 Å². The number of hydrogen-bond acceptors (Lipinski definition) is 6. The first kappa shape index (κ1) is 42.1. The molecule has 9 nitrogen and oxygen atoms in total. The van der Waals surface area contributed by atoms with E-state index in [1.54, 1.807) is 30.3 Å². The molecule has 50 heavy (non-hydrogen) atoms. The number of benzene rings is 1. The molecule has 1 aliphatic carbocycles. The van der Waals surface area contributed by atoms with Gasteiger partial charge in [-0.2, -0.15) is 13.2 Å². The van der Waals surface area contributed by atoms with Gasteiger partial charge in [-0.1, -0.05) is 74.3 Å². The van der Waals surface area contributed by atoms with Gasteiger partial charge in [0, 0.05) is 33.0 Å². The van der Waals surface area contributed by atoms with E-state index in [2.05, 4.69) is 28.4 Å². The van der Waals surface area contributed by atoms with Crippen molar-refractivity contribution >= 4 is 17.7 Å². The standard InChI is InChI=1S/C38H51F3N4O5/c1-6-9-20-32(46)35(48)31(24-28-18-14-11-15-19-28)42-37(50)34(29(7-2)8-3)43-36(49)30(23-27-16-12-10-13-17-27)25-33(47)45(5)22-21-44(4)26-38(39,40)41/h1-3,10,12-13,16-17,28-32,34-35,46,48H,9,11,14-15,18-26H2,4-5H3,(H,42,50)(H,43,49)/t30-,31+,32+,34+,35-/m1/s1. The van der Waals surface area contributed by atoms with E-state index in [0.717, 1.165) is 42.6 Å². The van der Waals surface area contributed by atoms with Crippen LogP contribution in [0.5, 0.6) is 0 Å². The van der Waals surface area contributed by atoms with Crippen LogP contribution in [0.15, 0.2) is 30.3 Å². The summed E-state index contributed by atoms with van der Waals surface area (Å²) in [4.78, 5) is 43.4. The topological polar surface area (TPSA) is 122 Å². The number of amides is 3. The molecule has 0 aliphatic heterocycles. The van der Waals surface area contributed by atoms with E-state index in [9.17, 15) is 37.8 Å². The number of carbonyl (C=O) groups excluding carboxylic acids is 3. The first-order chi connectivity index (χ1) is 23.7. The molecular weight excluding hydrogens is 649 g/mol. The Hall–Kier alpha value is -4.02. The van der Waals surface area contributed by atoms with Crippen molar-refractivity contribution in [1.29, 1.82) is 0 Å². The molecule has 1 aliphatic rings. The van der Waals surface area contributed by atoms with E-state index in [-0.39, 0.29) is 44.7 Å². The number of hydrogen-bond donors (Lipinski definition) is 4. The van der Waals surface area contributed by atoms with Crippen LogP contribution < -0.4 is 10.6 Å². The minimum atomic E-state index is -4.39. The van der Waals surface area contributed by atoms with Crippen LogP contribution in [0.2, 0.25) is 0 Å². The van der Waals surface area contributed by atoms with Gasteiger partial charge in [0.2, 0.25) is 17.7 Å². The number of alkyl halides is 3. The summed E-state index contributed by atoms with van der Waals surface area (Å²) in [5.41, 5.74) is 0.732. The van der Waals surface area contributed by atoms with Crippen LogP contribution in [-0.2, 0) is 20.8 Å². The first-order valence-electron chi connectivity index (χ1n) is 17.0. The van der Waals surface area contributed by atoms with Crippen molar-refractivity contribution in [3.05, 3.63) is 35.9 Å². The fraction of sp³-hybridized carbons (Fsp3) is 0.605. The van der Waals surface area contributed by atoms with Crippen LogP contribution in [0.4, 0.5) is 13.2 Å². The van der Waals surface area contributed by atoms with E-state index >= 15 is 0 Å². The fourth-order valence-corrected chi connectivity index (χ4v) is 6.17. The highest BCUT2D eigenvalue weighted by molar-refractivity contribution is 5.91. The van der Waals surface area contributed by atoms with Gasteiger partial charge in [-0.25, -0.2) is 0 Å². The SMILES string of the molecule is C#CCC[C@H](O)[C@H](O)[C@H](CC1CCCCC1)NC(=O)[C@@H](NC(=O)[C@@H](CC(=O)N(C)CCN(C)CC(F)(F)F)Cc1ccccc1)C(C#C)C#C. The summed E-state index contributed by atoms with van der Waals surface area (Å²) in [7, 11) is 2.74. The molecule has 0 aromatic heterocycles. The predicted molar refractivity (Wildman–Crippen MR) is 186 cm³/mol. The zero-order chi connectivity index (χ0) is 37.3. The van der Waals surface area contributed by atoms with Crippen LogP contribution in [0.1, 0.15) is 63.4 Å². The second-order valence-electron chi connectivity index (χ2n) is 13.2. The molecule has 0 spiro atoms. The van der Waals surface area contributed by atoms with Crippen LogP contribution >= 0.6 is 0 Å². The Kier molecular flexibility index (Phi) is 17.9. The number of aliphatic hydroxyl groups excluding tert-OH is 2. The van der Waals surface area contributed by atoms with E-state index < -0.39 is 66.6 Å². The molecular formula is C38H51F3N4O5. The van der Waals surface area contributed by atoms with Crippen LogP contribution in [0, 0.1) is 54.8 Å². The highest BCUT2D eigenvalue weighted by Crippen LogP contribution is 2.29. The summed E-state index contributed by atoms with van der Waals surface area (Å²) in [5, 5.41) is 27.3. The number of likely N-dealkylation sites (N-methyl/N-ethyl adjacent to an activating group) is 2. The summed E-state index contributed by atoms with van der Waals surface area (Å²) < 4.78 is 38.3. The third-order valence-electron chi connectivity index (χ3n) is 9.11. The van der Waals surface area contributed by atoms with Gasteiger partial charge in [-0.15, -0.1) is 25.2 Å². The van der Waals surface area contributed by atoms with E-state index in [4.69, 9.17) is 19.3 Å². The molecule has 4 N–H and O–H groups in total. The summed E-state index contributed by atoms with van der Waals surface area (Å²) >= 11 is 0. The minimum Gasteiger partial charge on any atom is -0.390 e. The lowest BCUT2D eigenvalue weighted by molar-refractivity contribution is -0.144. The van der Waals surface area contributed by atoms with Crippen LogP contribution in [0.3, 0.4) is 0 Å². The number of nitrogens with one attached hydrogen (secondary N) is 2. The molecule has 1 aromatic carbocycles.